The molecular formula is C16H13ClN2S. The maximum absolute atomic E-state index is 6.34. The Labute approximate surface area is 126 Å². The molecule has 1 atom stereocenters. The Balaban J connectivity index is 1.87. The second-order valence-corrected chi connectivity index (χ2v) is 6.83. The van der Waals surface area contributed by atoms with Gasteiger partial charge >= 0.3 is 0 Å². The molecule has 2 heterocycles. The minimum Gasteiger partial charge on any atom is -0.221 e. The topological polar surface area (TPSA) is 25.8 Å². The van der Waals surface area contributed by atoms with E-state index >= 15 is 0 Å². The van der Waals surface area contributed by atoms with Gasteiger partial charge in [0.1, 0.15) is 15.8 Å². The van der Waals surface area contributed by atoms with E-state index in [-0.39, 0.29) is 5.92 Å². The lowest BCUT2D eigenvalue weighted by atomic mass is 10.0. The van der Waals surface area contributed by atoms with Crippen molar-refractivity contribution in [1.82, 2.24) is 9.97 Å². The molecule has 0 saturated heterocycles. The first-order valence-corrected chi connectivity index (χ1v) is 7.93. The summed E-state index contributed by atoms with van der Waals surface area (Å²) in [5.74, 6) is 1.16. The van der Waals surface area contributed by atoms with Gasteiger partial charge in [0.25, 0.3) is 0 Å². The van der Waals surface area contributed by atoms with Crippen LogP contribution in [0.15, 0.2) is 30.3 Å². The molecule has 4 heteroatoms. The predicted molar refractivity (Wildman–Crippen MR) is 83.8 cm³/mol. The van der Waals surface area contributed by atoms with E-state index in [1.165, 1.54) is 16.0 Å². The van der Waals surface area contributed by atoms with Crippen molar-refractivity contribution in [1.29, 1.82) is 0 Å². The van der Waals surface area contributed by atoms with Gasteiger partial charge in [-0.3, -0.25) is 0 Å². The summed E-state index contributed by atoms with van der Waals surface area (Å²) in [6.45, 7) is 2.08. The fraction of sp³-hybridized carbons (Fsp3) is 0.250. The second kappa shape index (κ2) is 4.54. The summed E-state index contributed by atoms with van der Waals surface area (Å²) >= 11 is 8.02. The Morgan fingerprint density at radius 2 is 2.10 bits per heavy atom. The first-order valence-electron chi connectivity index (χ1n) is 6.74. The number of fused-ring (bicyclic) bond motifs is 2. The second-order valence-electron chi connectivity index (χ2n) is 5.24. The van der Waals surface area contributed by atoms with Crippen molar-refractivity contribution in [2.24, 2.45) is 0 Å². The molecule has 0 aliphatic heterocycles. The van der Waals surface area contributed by atoms with Crippen LogP contribution in [0.1, 0.15) is 34.2 Å². The van der Waals surface area contributed by atoms with Crippen LogP contribution >= 0.6 is 22.9 Å². The summed E-state index contributed by atoms with van der Waals surface area (Å²) in [5.41, 5.74) is 2.77. The monoisotopic (exact) mass is 300 g/mol. The Bertz CT molecular complexity index is 809. The van der Waals surface area contributed by atoms with E-state index in [2.05, 4.69) is 42.2 Å². The molecule has 0 bridgehead atoms. The molecule has 1 unspecified atom stereocenters. The van der Waals surface area contributed by atoms with Gasteiger partial charge < -0.3 is 0 Å². The molecule has 1 aliphatic rings. The van der Waals surface area contributed by atoms with Crippen LogP contribution < -0.4 is 0 Å². The van der Waals surface area contributed by atoms with Crippen LogP contribution in [0.25, 0.3) is 10.2 Å². The van der Waals surface area contributed by atoms with Gasteiger partial charge in [-0.25, -0.2) is 9.97 Å². The van der Waals surface area contributed by atoms with E-state index in [4.69, 9.17) is 16.6 Å². The highest BCUT2D eigenvalue weighted by molar-refractivity contribution is 7.18. The predicted octanol–water partition coefficient (Wildman–Crippen LogP) is 4.73. The molecule has 1 aliphatic carbocycles. The van der Waals surface area contributed by atoms with Crippen LogP contribution in [0.5, 0.6) is 0 Å². The smallest absolute Gasteiger partial charge is 0.141 e. The largest absolute Gasteiger partial charge is 0.221 e. The highest BCUT2D eigenvalue weighted by atomic mass is 35.5. The quantitative estimate of drug-likeness (QED) is 0.607. The number of nitrogens with zero attached hydrogens (tertiary/aromatic N) is 2. The summed E-state index contributed by atoms with van der Waals surface area (Å²) in [6.07, 6.45) is 2.18. The maximum atomic E-state index is 6.34. The van der Waals surface area contributed by atoms with E-state index in [0.29, 0.717) is 5.15 Å². The molecule has 0 amide bonds. The third kappa shape index (κ3) is 1.85. The zero-order chi connectivity index (χ0) is 13.7. The molecule has 0 radical (unpaired) electrons. The number of hydrogen-bond acceptors (Lipinski definition) is 3. The van der Waals surface area contributed by atoms with Gasteiger partial charge in [0.2, 0.25) is 0 Å². The molecule has 1 aromatic carbocycles. The summed E-state index contributed by atoms with van der Waals surface area (Å²) in [4.78, 5) is 11.5. The SMILES string of the molecule is Cc1cc2c(Cl)nc(C3CCc4ccccc43)nc2s1. The van der Waals surface area contributed by atoms with E-state index in [1.807, 2.05) is 0 Å². The lowest BCUT2D eigenvalue weighted by Crippen LogP contribution is -2.03. The highest BCUT2D eigenvalue weighted by Crippen LogP contribution is 2.38. The van der Waals surface area contributed by atoms with Gasteiger partial charge in [0, 0.05) is 16.2 Å². The molecule has 0 saturated carbocycles. The molecule has 0 fully saturated rings. The van der Waals surface area contributed by atoms with Crippen LogP contribution in [-0.4, -0.2) is 9.97 Å². The van der Waals surface area contributed by atoms with E-state index in [1.54, 1.807) is 11.3 Å². The fourth-order valence-electron chi connectivity index (χ4n) is 3.00. The van der Waals surface area contributed by atoms with Crippen molar-refractivity contribution in [2.45, 2.75) is 25.7 Å². The minimum absolute atomic E-state index is 0.288. The number of thiophene rings is 1. The van der Waals surface area contributed by atoms with Crippen LogP contribution in [-0.2, 0) is 6.42 Å². The fourth-order valence-corrected chi connectivity index (χ4v) is 4.18. The van der Waals surface area contributed by atoms with Crippen molar-refractivity contribution in [3.05, 3.63) is 57.3 Å². The zero-order valence-electron chi connectivity index (χ0n) is 11.1. The number of halogens is 1. The van der Waals surface area contributed by atoms with Gasteiger partial charge in [0.15, 0.2) is 0 Å². The number of benzene rings is 1. The lowest BCUT2D eigenvalue weighted by molar-refractivity contribution is 0.735. The van der Waals surface area contributed by atoms with Crippen LogP contribution in [0, 0.1) is 6.92 Å². The van der Waals surface area contributed by atoms with Crippen molar-refractivity contribution in [2.75, 3.05) is 0 Å². The molecule has 2 aromatic heterocycles. The van der Waals surface area contributed by atoms with Crippen LogP contribution in [0.4, 0.5) is 0 Å². The summed E-state index contributed by atoms with van der Waals surface area (Å²) in [5, 5.41) is 1.56. The van der Waals surface area contributed by atoms with E-state index in [0.717, 1.165) is 28.9 Å². The molecule has 20 heavy (non-hydrogen) atoms. The third-order valence-corrected chi connectivity index (χ3v) is 5.16. The number of aryl methyl sites for hydroxylation is 2. The number of rotatable bonds is 1. The standard InChI is InChI=1S/C16H13ClN2S/c1-9-8-13-14(17)18-15(19-16(13)20-9)12-7-6-10-4-2-3-5-11(10)12/h2-5,8,12H,6-7H2,1H3. The van der Waals surface area contributed by atoms with Gasteiger partial charge in [-0.15, -0.1) is 11.3 Å². The summed E-state index contributed by atoms with van der Waals surface area (Å²) in [6, 6.07) is 10.6. The molecule has 2 nitrogen and oxygen atoms in total. The average Bonchev–Trinajstić information content (AvgIpc) is 3.01. The number of aromatic nitrogens is 2. The van der Waals surface area contributed by atoms with Crippen LogP contribution in [0.2, 0.25) is 5.15 Å². The molecular weight excluding hydrogens is 288 g/mol. The van der Waals surface area contributed by atoms with Gasteiger partial charge in [-0.2, -0.15) is 0 Å². The maximum Gasteiger partial charge on any atom is 0.141 e. The third-order valence-electron chi connectivity index (χ3n) is 3.93. The van der Waals surface area contributed by atoms with Gasteiger partial charge in [-0.05, 0) is 37.0 Å². The van der Waals surface area contributed by atoms with Crippen LogP contribution in [0.3, 0.4) is 0 Å². The Kier molecular flexibility index (Phi) is 2.79. The average molecular weight is 301 g/mol. The molecule has 0 spiro atoms. The molecule has 3 aromatic rings. The van der Waals surface area contributed by atoms with Crippen molar-refractivity contribution in [3.8, 4) is 0 Å². The Morgan fingerprint density at radius 3 is 3.00 bits per heavy atom. The van der Waals surface area contributed by atoms with Crippen molar-refractivity contribution >= 4 is 33.2 Å². The highest BCUT2D eigenvalue weighted by Gasteiger charge is 2.26. The summed E-state index contributed by atoms with van der Waals surface area (Å²) in [7, 11) is 0. The van der Waals surface area contributed by atoms with Gasteiger partial charge in [0.05, 0.1) is 0 Å². The Hall–Kier alpha value is -1.45. The molecule has 4 rings (SSSR count). The van der Waals surface area contributed by atoms with Gasteiger partial charge in [-0.1, -0.05) is 35.9 Å². The lowest BCUT2D eigenvalue weighted by Gasteiger charge is -2.10. The molecule has 0 N–H and O–H groups in total. The van der Waals surface area contributed by atoms with E-state index in [9.17, 15) is 0 Å². The Morgan fingerprint density at radius 1 is 1.25 bits per heavy atom. The normalized spacial score (nSPS) is 17.6. The first kappa shape index (κ1) is 12.3. The van der Waals surface area contributed by atoms with Crippen molar-refractivity contribution in [3.63, 3.8) is 0 Å². The first-order chi connectivity index (χ1) is 9.72. The number of hydrogen-bond donors (Lipinski definition) is 0. The van der Waals surface area contributed by atoms with E-state index < -0.39 is 0 Å². The summed E-state index contributed by atoms with van der Waals surface area (Å²) < 4.78 is 0. The molecule has 100 valence electrons. The zero-order valence-corrected chi connectivity index (χ0v) is 12.6. The van der Waals surface area contributed by atoms with Crippen molar-refractivity contribution < 1.29 is 0 Å². The minimum atomic E-state index is 0.288.